The van der Waals surface area contributed by atoms with Crippen molar-refractivity contribution in [2.24, 2.45) is 0 Å². The Kier molecular flexibility index (Phi) is 49.8. The number of unbranched alkanes of at least 4 members (excludes halogenated alkanes) is 35. The van der Waals surface area contributed by atoms with Crippen molar-refractivity contribution in [3.8, 4) is 0 Å². The fourth-order valence-corrected chi connectivity index (χ4v) is 8.02. The van der Waals surface area contributed by atoms with Gasteiger partial charge in [0.15, 0.2) is 6.10 Å². The first-order valence-corrected chi connectivity index (χ1v) is 27.3. The first-order valence-electron chi connectivity index (χ1n) is 27.3. The normalized spacial score (nSPS) is 11.7. The van der Waals surface area contributed by atoms with Crippen LogP contribution in [0, 0.1) is 0 Å². The molecule has 0 N–H and O–H groups in total. The lowest BCUT2D eigenvalue weighted by molar-refractivity contribution is -0.167. The van der Waals surface area contributed by atoms with E-state index in [1.807, 2.05) is 0 Å². The molecule has 0 bridgehead atoms. The minimum atomic E-state index is -0.773. The number of carbonyl (C=O) groups excluding carboxylic acids is 3. The highest BCUT2D eigenvalue weighted by Crippen LogP contribution is 2.16. The van der Waals surface area contributed by atoms with Gasteiger partial charge in [-0.15, -0.1) is 0 Å². The van der Waals surface area contributed by atoms with Crippen molar-refractivity contribution in [2.75, 3.05) is 13.2 Å². The number of carbonyl (C=O) groups is 3. The first-order chi connectivity index (χ1) is 30.5. The molecule has 0 heterocycles. The summed E-state index contributed by atoms with van der Waals surface area (Å²) in [5.74, 6) is -0.874. The van der Waals surface area contributed by atoms with Crippen molar-refractivity contribution in [2.45, 2.75) is 303 Å². The summed E-state index contributed by atoms with van der Waals surface area (Å²) in [6, 6.07) is 0. The van der Waals surface area contributed by atoms with Crippen molar-refractivity contribution in [1.82, 2.24) is 0 Å². The van der Waals surface area contributed by atoms with Crippen LogP contribution in [-0.2, 0) is 28.6 Å². The zero-order valence-corrected chi connectivity index (χ0v) is 41.7. The minimum absolute atomic E-state index is 0.0743. The van der Waals surface area contributed by atoms with Crippen LogP contribution < -0.4 is 0 Å². The fraction of sp³-hybridized carbons (Fsp3) is 0.875. The molecule has 0 aromatic rings. The van der Waals surface area contributed by atoms with Crippen molar-refractivity contribution >= 4 is 17.9 Å². The Bertz CT molecular complexity index is 948. The Balaban J connectivity index is 4.36. The molecule has 0 unspecified atom stereocenters. The minimum Gasteiger partial charge on any atom is -0.462 e. The van der Waals surface area contributed by atoms with Crippen LogP contribution in [0.4, 0.5) is 0 Å². The molecule has 6 heteroatoms. The Morgan fingerprint density at radius 1 is 0.306 bits per heavy atom. The predicted octanol–water partition coefficient (Wildman–Crippen LogP) is 17.9. The van der Waals surface area contributed by atoms with Crippen LogP contribution in [0.15, 0.2) is 24.3 Å². The summed E-state index contributed by atoms with van der Waals surface area (Å²) < 4.78 is 16.8. The van der Waals surface area contributed by atoms with E-state index in [9.17, 15) is 14.4 Å². The molecular weight excluding hydrogens is 769 g/mol. The van der Waals surface area contributed by atoms with Crippen molar-refractivity contribution in [3.63, 3.8) is 0 Å². The van der Waals surface area contributed by atoms with Crippen molar-refractivity contribution < 1.29 is 28.6 Å². The summed E-state index contributed by atoms with van der Waals surface area (Å²) in [5.41, 5.74) is 0. The molecule has 0 fully saturated rings. The molecule has 0 aliphatic heterocycles. The molecular formula is C56H104O6. The highest BCUT2D eigenvalue weighted by atomic mass is 16.6. The number of allylic oxidation sites excluding steroid dienone is 4. The highest BCUT2D eigenvalue weighted by Gasteiger charge is 2.19. The van der Waals surface area contributed by atoms with E-state index in [0.717, 1.165) is 70.6 Å². The van der Waals surface area contributed by atoms with Gasteiger partial charge in [-0.2, -0.15) is 0 Å². The third-order valence-corrected chi connectivity index (χ3v) is 12.2. The van der Waals surface area contributed by atoms with E-state index >= 15 is 0 Å². The van der Waals surface area contributed by atoms with Crippen molar-refractivity contribution in [3.05, 3.63) is 24.3 Å². The lowest BCUT2D eigenvalue weighted by Crippen LogP contribution is -2.30. The molecule has 0 spiro atoms. The molecule has 0 saturated heterocycles. The monoisotopic (exact) mass is 873 g/mol. The smallest absolute Gasteiger partial charge is 0.306 e. The van der Waals surface area contributed by atoms with Gasteiger partial charge in [-0.05, 0) is 70.6 Å². The molecule has 0 rings (SSSR count). The van der Waals surface area contributed by atoms with Gasteiger partial charge in [-0.1, -0.05) is 231 Å². The summed E-state index contributed by atoms with van der Waals surface area (Å²) in [4.78, 5) is 38.0. The summed E-state index contributed by atoms with van der Waals surface area (Å²) in [5, 5.41) is 0. The van der Waals surface area contributed by atoms with Crippen LogP contribution >= 0.6 is 0 Å². The van der Waals surface area contributed by atoms with E-state index in [0.29, 0.717) is 19.3 Å². The molecule has 0 amide bonds. The summed E-state index contributed by atoms with van der Waals surface area (Å²) in [6.45, 7) is 6.65. The maximum atomic E-state index is 12.8. The Morgan fingerprint density at radius 3 is 0.806 bits per heavy atom. The average Bonchev–Trinajstić information content (AvgIpc) is 3.27. The summed E-state index contributed by atoms with van der Waals surface area (Å²) in [7, 11) is 0. The summed E-state index contributed by atoms with van der Waals surface area (Å²) in [6.07, 6.45) is 58.7. The third-order valence-electron chi connectivity index (χ3n) is 12.2. The van der Waals surface area contributed by atoms with Gasteiger partial charge in [0, 0.05) is 19.3 Å². The molecule has 0 saturated carbocycles. The average molecular weight is 873 g/mol. The van der Waals surface area contributed by atoms with E-state index in [1.54, 1.807) is 0 Å². The van der Waals surface area contributed by atoms with Crippen molar-refractivity contribution in [1.29, 1.82) is 0 Å². The van der Waals surface area contributed by atoms with E-state index < -0.39 is 6.10 Å². The molecule has 0 atom stereocenters. The number of esters is 3. The lowest BCUT2D eigenvalue weighted by Gasteiger charge is -2.18. The number of rotatable bonds is 50. The Hall–Kier alpha value is -2.11. The zero-order valence-electron chi connectivity index (χ0n) is 41.7. The van der Waals surface area contributed by atoms with E-state index in [-0.39, 0.29) is 31.1 Å². The maximum absolute atomic E-state index is 12.8. The molecule has 0 radical (unpaired) electrons. The van der Waals surface area contributed by atoms with Gasteiger partial charge in [0.05, 0.1) is 0 Å². The largest absolute Gasteiger partial charge is 0.462 e. The number of ether oxygens (including phenoxy) is 3. The number of hydrogen-bond acceptors (Lipinski definition) is 6. The van der Waals surface area contributed by atoms with Gasteiger partial charge in [-0.3, -0.25) is 14.4 Å². The molecule has 0 aliphatic rings. The second-order valence-corrected chi connectivity index (χ2v) is 18.5. The van der Waals surface area contributed by atoms with Crippen LogP contribution in [0.5, 0.6) is 0 Å². The Morgan fingerprint density at radius 2 is 0.532 bits per heavy atom. The van der Waals surface area contributed by atoms with Gasteiger partial charge in [0.1, 0.15) is 13.2 Å². The first kappa shape index (κ1) is 59.9. The fourth-order valence-electron chi connectivity index (χ4n) is 8.02. The second kappa shape index (κ2) is 51.5. The zero-order chi connectivity index (χ0) is 45.1. The van der Waals surface area contributed by atoms with Crippen LogP contribution in [-0.4, -0.2) is 37.2 Å². The lowest BCUT2D eigenvalue weighted by atomic mass is 10.0. The highest BCUT2D eigenvalue weighted by molar-refractivity contribution is 5.71. The Labute approximate surface area is 385 Å². The van der Waals surface area contributed by atoms with Gasteiger partial charge < -0.3 is 14.2 Å². The van der Waals surface area contributed by atoms with Crippen LogP contribution in [0.1, 0.15) is 297 Å². The maximum Gasteiger partial charge on any atom is 0.306 e. The van der Waals surface area contributed by atoms with E-state index in [1.165, 1.54) is 186 Å². The van der Waals surface area contributed by atoms with E-state index in [4.69, 9.17) is 14.2 Å². The quantitative estimate of drug-likeness (QED) is 0.0262. The molecule has 364 valence electrons. The standard InChI is InChI=1S/C56H104O6/c1-4-7-10-13-16-19-22-25-28-31-33-36-39-42-45-48-54(57)60-51-53(62-56(59)50-47-44-41-38-35-30-27-24-21-18-15-12-9-6-3)52-61-55(58)49-46-43-40-37-34-32-29-26-23-20-17-14-11-8-5-2/h25-26,28-29,53H,4-24,27,30-52H2,1-3H3/b28-25-,29-26-. The summed E-state index contributed by atoms with van der Waals surface area (Å²) >= 11 is 0. The molecule has 0 aromatic heterocycles. The van der Waals surface area contributed by atoms with Crippen LogP contribution in [0.25, 0.3) is 0 Å². The second-order valence-electron chi connectivity index (χ2n) is 18.5. The van der Waals surface area contributed by atoms with Gasteiger partial charge in [-0.25, -0.2) is 0 Å². The molecule has 6 nitrogen and oxygen atoms in total. The van der Waals surface area contributed by atoms with Crippen LogP contribution in [0.2, 0.25) is 0 Å². The number of hydrogen-bond donors (Lipinski definition) is 0. The van der Waals surface area contributed by atoms with Gasteiger partial charge >= 0.3 is 17.9 Å². The molecule has 0 aromatic carbocycles. The van der Waals surface area contributed by atoms with E-state index in [2.05, 4.69) is 45.1 Å². The topological polar surface area (TPSA) is 78.9 Å². The SMILES string of the molecule is CCCCCCCC/C=C\CCCCCCCC(=O)OCC(COC(=O)CCCCCCC/C=C\CCCCCCCC)OC(=O)CCCCCCCCCCCCCCCC. The molecule has 62 heavy (non-hydrogen) atoms. The van der Waals surface area contributed by atoms with Gasteiger partial charge in [0.2, 0.25) is 0 Å². The van der Waals surface area contributed by atoms with Gasteiger partial charge in [0.25, 0.3) is 0 Å². The van der Waals surface area contributed by atoms with Crippen LogP contribution in [0.3, 0.4) is 0 Å². The predicted molar refractivity (Wildman–Crippen MR) is 266 cm³/mol. The third kappa shape index (κ3) is 48.9. The molecule has 0 aliphatic carbocycles.